The van der Waals surface area contributed by atoms with Crippen LogP contribution < -0.4 is 10.6 Å². The second kappa shape index (κ2) is 8.91. The van der Waals surface area contributed by atoms with Crippen LogP contribution in [0.1, 0.15) is 28.6 Å². The van der Waals surface area contributed by atoms with E-state index in [9.17, 15) is 9.59 Å². The first-order valence-corrected chi connectivity index (χ1v) is 10.9. The van der Waals surface area contributed by atoms with E-state index in [4.69, 9.17) is 21.1 Å². The zero-order chi connectivity index (χ0) is 22.0. The molecular formula is C23H19ClN2O4S. The van der Waals surface area contributed by atoms with Gasteiger partial charge in [-0.3, -0.25) is 4.79 Å². The Labute approximate surface area is 188 Å². The Bertz CT molecular complexity index is 1170. The normalized spacial score (nSPS) is 17.0. The highest BCUT2D eigenvalue weighted by molar-refractivity contribution is 8.05. The molecule has 0 unspecified atom stereocenters. The monoisotopic (exact) mass is 454 g/mol. The minimum absolute atomic E-state index is 0.0289. The Morgan fingerprint density at radius 3 is 2.68 bits per heavy atom. The highest BCUT2D eigenvalue weighted by Gasteiger charge is 2.27. The summed E-state index contributed by atoms with van der Waals surface area (Å²) in [5.41, 5.74) is 2.59. The van der Waals surface area contributed by atoms with Gasteiger partial charge in [0.25, 0.3) is 5.91 Å². The molecule has 1 aliphatic heterocycles. The fourth-order valence-corrected chi connectivity index (χ4v) is 4.34. The topological polar surface area (TPSA) is 91.6 Å². The van der Waals surface area contributed by atoms with Crippen molar-refractivity contribution >= 4 is 47.0 Å². The largest absolute Gasteiger partial charge is 0.478 e. The summed E-state index contributed by atoms with van der Waals surface area (Å²) < 4.78 is 5.82. The molecule has 1 fully saturated rings. The number of carboxylic acids is 1. The van der Waals surface area contributed by atoms with E-state index in [-0.39, 0.29) is 22.0 Å². The number of aromatic carboxylic acids is 1. The van der Waals surface area contributed by atoms with Crippen LogP contribution in [0.5, 0.6) is 0 Å². The lowest BCUT2D eigenvalue weighted by molar-refractivity contribution is -0.116. The maximum atomic E-state index is 12.3. The molecule has 6 nitrogen and oxygen atoms in total. The molecule has 4 rings (SSSR count). The number of hydrogen-bond donors (Lipinski definition) is 3. The Balaban J connectivity index is 1.46. The highest BCUT2D eigenvalue weighted by atomic mass is 35.5. The van der Waals surface area contributed by atoms with Crippen molar-refractivity contribution in [1.82, 2.24) is 5.32 Å². The maximum Gasteiger partial charge on any atom is 0.337 e. The maximum absolute atomic E-state index is 12.3. The summed E-state index contributed by atoms with van der Waals surface area (Å²) in [7, 11) is 0. The van der Waals surface area contributed by atoms with Crippen molar-refractivity contribution in [3.8, 4) is 11.3 Å². The number of benzene rings is 2. The molecule has 1 aliphatic rings. The smallest absolute Gasteiger partial charge is 0.337 e. The second-order valence-corrected chi connectivity index (χ2v) is 8.43. The van der Waals surface area contributed by atoms with Crippen LogP contribution in [0.3, 0.4) is 0 Å². The molecule has 1 saturated heterocycles. The molecule has 3 N–H and O–H groups in total. The first-order chi connectivity index (χ1) is 14.9. The molecule has 1 atom stereocenters. The van der Waals surface area contributed by atoms with Crippen molar-refractivity contribution < 1.29 is 19.1 Å². The average molecular weight is 455 g/mol. The van der Waals surface area contributed by atoms with Crippen LogP contribution in [0, 0.1) is 0 Å². The molecular weight excluding hydrogens is 436 g/mol. The summed E-state index contributed by atoms with van der Waals surface area (Å²) in [6.45, 7) is 2.10. The molecule has 2 aromatic carbocycles. The van der Waals surface area contributed by atoms with Gasteiger partial charge < -0.3 is 20.2 Å². The van der Waals surface area contributed by atoms with Crippen LogP contribution in [-0.4, -0.2) is 22.5 Å². The van der Waals surface area contributed by atoms with Crippen molar-refractivity contribution in [2.45, 2.75) is 18.8 Å². The van der Waals surface area contributed by atoms with Gasteiger partial charge in [0.05, 0.1) is 15.5 Å². The number of amides is 1. The number of hydrogen-bond acceptors (Lipinski definition) is 5. The van der Waals surface area contributed by atoms with Gasteiger partial charge in [-0.05, 0) is 48.4 Å². The van der Waals surface area contributed by atoms with Gasteiger partial charge >= 0.3 is 5.97 Å². The quantitative estimate of drug-likeness (QED) is 0.428. The zero-order valence-corrected chi connectivity index (χ0v) is 18.1. The van der Waals surface area contributed by atoms with Crippen molar-refractivity contribution in [3.05, 3.63) is 81.4 Å². The summed E-state index contributed by atoms with van der Waals surface area (Å²) >= 11 is 7.41. The summed E-state index contributed by atoms with van der Waals surface area (Å²) in [5, 5.41) is 15.4. The Kier molecular flexibility index (Phi) is 6.06. The third kappa shape index (κ3) is 4.78. The number of furan rings is 1. The molecule has 31 heavy (non-hydrogen) atoms. The number of halogens is 1. The number of nitrogens with one attached hydrogen (secondary N) is 2. The van der Waals surface area contributed by atoms with Crippen molar-refractivity contribution in [2.75, 3.05) is 5.32 Å². The molecule has 0 bridgehead atoms. The van der Waals surface area contributed by atoms with E-state index >= 15 is 0 Å². The molecule has 3 aromatic rings. The van der Waals surface area contributed by atoms with Gasteiger partial charge in [-0.2, -0.15) is 0 Å². The minimum Gasteiger partial charge on any atom is -0.478 e. The van der Waals surface area contributed by atoms with Gasteiger partial charge in [0.1, 0.15) is 11.5 Å². The third-order valence-corrected chi connectivity index (χ3v) is 6.12. The predicted octanol–water partition coefficient (Wildman–Crippen LogP) is 5.46. The molecule has 1 aromatic heterocycles. The standard InChI is InChI=1S/C23H19ClN2O4S/c1-2-13-3-6-15(7-4-13)25-23-26-21(27)20(31-23)12-16-8-10-19(30-16)14-5-9-17(22(28)29)18(24)11-14/h3-12,23,25H,2H2,1H3,(H,26,27)(H,28,29)/b20-12-/t23-/m1/s1. The lowest BCUT2D eigenvalue weighted by Crippen LogP contribution is -2.30. The van der Waals surface area contributed by atoms with E-state index in [2.05, 4.69) is 29.7 Å². The molecule has 0 radical (unpaired) electrons. The van der Waals surface area contributed by atoms with E-state index < -0.39 is 5.97 Å². The lowest BCUT2D eigenvalue weighted by Gasteiger charge is -2.12. The fourth-order valence-electron chi connectivity index (χ4n) is 3.11. The van der Waals surface area contributed by atoms with Gasteiger partial charge in [-0.1, -0.05) is 48.5 Å². The van der Waals surface area contributed by atoms with Crippen LogP contribution in [0.15, 0.2) is 63.9 Å². The van der Waals surface area contributed by atoms with Gasteiger partial charge in [0, 0.05) is 17.3 Å². The minimum atomic E-state index is -1.09. The van der Waals surface area contributed by atoms with E-state index in [0.717, 1.165) is 12.1 Å². The number of carbonyl (C=O) groups excluding carboxylic acids is 1. The molecule has 0 saturated carbocycles. The Morgan fingerprint density at radius 1 is 1.23 bits per heavy atom. The van der Waals surface area contributed by atoms with Crippen molar-refractivity contribution in [3.63, 3.8) is 0 Å². The molecule has 8 heteroatoms. The zero-order valence-electron chi connectivity index (χ0n) is 16.5. The van der Waals surface area contributed by atoms with Gasteiger partial charge in [0.15, 0.2) is 5.50 Å². The van der Waals surface area contributed by atoms with Gasteiger partial charge in [-0.15, -0.1) is 0 Å². The summed E-state index contributed by atoms with van der Waals surface area (Å²) in [5.74, 6) is -0.228. The third-order valence-electron chi connectivity index (χ3n) is 4.77. The molecule has 2 heterocycles. The number of aryl methyl sites for hydroxylation is 1. The van der Waals surface area contributed by atoms with E-state index in [1.165, 1.54) is 23.4 Å². The number of carboxylic acid groups (broad SMARTS) is 1. The Morgan fingerprint density at radius 2 is 2.00 bits per heavy atom. The Hall–Kier alpha value is -3.16. The van der Waals surface area contributed by atoms with Crippen LogP contribution in [-0.2, 0) is 11.2 Å². The van der Waals surface area contributed by atoms with Gasteiger partial charge in [0.2, 0.25) is 0 Å². The average Bonchev–Trinajstić information content (AvgIpc) is 3.35. The van der Waals surface area contributed by atoms with Crippen LogP contribution in [0.25, 0.3) is 17.4 Å². The molecule has 158 valence electrons. The highest BCUT2D eigenvalue weighted by Crippen LogP contribution is 2.32. The van der Waals surface area contributed by atoms with Crippen molar-refractivity contribution in [1.29, 1.82) is 0 Å². The number of anilines is 1. The first kappa shape index (κ1) is 21.1. The van der Waals surface area contributed by atoms with E-state index in [1.807, 2.05) is 12.1 Å². The predicted molar refractivity (Wildman–Crippen MR) is 123 cm³/mol. The molecule has 0 aliphatic carbocycles. The number of thioether (sulfide) groups is 1. The number of rotatable bonds is 6. The SMILES string of the molecule is CCc1ccc(N[C@@H]2NC(=O)/C(=C/c3ccc(-c4ccc(C(=O)O)c(Cl)c4)o3)S2)cc1. The summed E-state index contributed by atoms with van der Waals surface area (Å²) in [4.78, 5) is 24.0. The van der Waals surface area contributed by atoms with E-state index in [1.54, 1.807) is 30.3 Å². The molecule has 1 amide bonds. The summed E-state index contributed by atoms with van der Waals surface area (Å²) in [6.07, 6.45) is 2.65. The molecule has 0 spiro atoms. The van der Waals surface area contributed by atoms with Crippen LogP contribution in [0.2, 0.25) is 5.02 Å². The van der Waals surface area contributed by atoms with Gasteiger partial charge in [-0.25, -0.2) is 4.79 Å². The van der Waals surface area contributed by atoms with Crippen molar-refractivity contribution in [2.24, 2.45) is 0 Å². The van der Waals surface area contributed by atoms with E-state index in [0.29, 0.717) is 22.0 Å². The van der Waals surface area contributed by atoms with Crippen LogP contribution >= 0.6 is 23.4 Å². The summed E-state index contributed by atoms with van der Waals surface area (Å²) in [6, 6.07) is 16.2. The number of carbonyl (C=O) groups is 2. The first-order valence-electron chi connectivity index (χ1n) is 9.60. The fraction of sp³-hybridized carbons (Fsp3) is 0.130. The van der Waals surface area contributed by atoms with Crippen LogP contribution in [0.4, 0.5) is 5.69 Å². The second-order valence-electron chi connectivity index (χ2n) is 6.88. The lowest BCUT2D eigenvalue weighted by atomic mass is 10.1.